The number of benzene rings is 2. The molecule has 5 heteroatoms. The van der Waals surface area contributed by atoms with Crippen LogP contribution in [0.15, 0.2) is 54.6 Å². The van der Waals surface area contributed by atoms with Crippen LogP contribution < -0.4 is 4.90 Å². The maximum Gasteiger partial charge on any atom is 0.332 e. The summed E-state index contributed by atoms with van der Waals surface area (Å²) < 4.78 is 0. The van der Waals surface area contributed by atoms with E-state index in [2.05, 4.69) is 11.1 Å². The molecule has 5 rings (SSSR count). The molecule has 1 fully saturated rings. The zero-order valence-electron chi connectivity index (χ0n) is 12.9. The average molecular weight is 317 g/mol. The second-order valence-corrected chi connectivity index (χ2v) is 6.27. The van der Waals surface area contributed by atoms with E-state index < -0.39 is 6.04 Å². The summed E-state index contributed by atoms with van der Waals surface area (Å²) in [6, 6.07) is 16.6. The zero-order chi connectivity index (χ0) is 16.3. The van der Waals surface area contributed by atoms with Crippen molar-refractivity contribution in [2.45, 2.75) is 19.0 Å². The standard InChI is InChI=1S/C19H15N3O2/c23-18-17-10-14-13-8-4-5-9-15(13)20-16(14)11-21(17)19(24)22(18)12-6-2-1-3-7-12/h1-9,17,20H,10-11H2. The summed E-state index contributed by atoms with van der Waals surface area (Å²) in [6.07, 6.45) is 0.563. The number of nitrogens with one attached hydrogen (secondary N) is 1. The van der Waals surface area contributed by atoms with Crippen molar-refractivity contribution >= 4 is 28.5 Å². The van der Waals surface area contributed by atoms with Gasteiger partial charge >= 0.3 is 6.03 Å². The molecule has 0 spiro atoms. The Morgan fingerprint density at radius 2 is 1.71 bits per heavy atom. The number of aromatic amines is 1. The highest BCUT2D eigenvalue weighted by Gasteiger charge is 2.48. The Hall–Kier alpha value is -3.08. The van der Waals surface area contributed by atoms with Crippen LogP contribution in [0.4, 0.5) is 10.5 Å². The first kappa shape index (κ1) is 13.4. The van der Waals surface area contributed by atoms with Gasteiger partial charge in [0.1, 0.15) is 6.04 Å². The van der Waals surface area contributed by atoms with E-state index in [4.69, 9.17) is 0 Å². The van der Waals surface area contributed by atoms with Crippen LogP contribution in [-0.2, 0) is 17.8 Å². The Morgan fingerprint density at radius 3 is 2.54 bits per heavy atom. The van der Waals surface area contributed by atoms with Crippen LogP contribution in [0.5, 0.6) is 0 Å². The van der Waals surface area contributed by atoms with Gasteiger partial charge in [0.05, 0.1) is 12.2 Å². The molecule has 5 nitrogen and oxygen atoms in total. The van der Waals surface area contributed by atoms with E-state index in [1.54, 1.807) is 17.0 Å². The zero-order valence-corrected chi connectivity index (χ0v) is 12.9. The predicted molar refractivity (Wildman–Crippen MR) is 90.7 cm³/mol. The summed E-state index contributed by atoms with van der Waals surface area (Å²) in [5.74, 6) is -0.137. The highest BCUT2D eigenvalue weighted by atomic mass is 16.2. The third kappa shape index (κ3) is 1.69. The van der Waals surface area contributed by atoms with Gasteiger partial charge in [-0.1, -0.05) is 36.4 Å². The van der Waals surface area contributed by atoms with Gasteiger partial charge in [0.15, 0.2) is 0 Å². The first-order valence-corrected chi connectivity index (χ1v) is 8.02. The molecule has 3 aromatic rings. The normalized spacial score (nSPS) is 19.8. The fourth-order valence-electron chi connectivity index (χ4n) is 3.82. The van der Waals surface area contributed by atoms with Crippen LogP contribution in [0.1, 0.15) is 11.3 Å². The van der Waals surface area contributed by atoms with E-state index in [1.807, 2.05) is 36.4 Å². The molecule has 2 aliphatic heterocycles. The maximum atomic E-state index is 12.9. The number of hydrogen-bond donors (Lipinski definition) is 1. The van der Waals surface area contributed by atoms with Crippen molar-refractivity contribution in [2.75, 3.05) is 4.90 Å². The van der Waals surface area contributed by atoms with Crippen molar-refractivity contribution in [3.63, 3.8) is 0 Å². The highest BCUT2D eigenvalue weighted by Crippen LogP contribution is 2.35. The summed E-state index contributed by atoms with van der Waals surface area (Å²) in [4.78, 5) is 32.0. The number of H-pyrrole nitrogens is 1. The molecule has 24 heavy (non-hydrogen) atoms. The van der Waals surface area contributed by atoms with Crippen LogP contribution in [0.25, 0.3) is 10.9 Å². The van der Waals surface area contributed by atoms with Crippen molar-refractivity contribution in [2.24, 2.45) is 0 Å². The summed E-state index contributed by atoms with van der Waals surface area (Å²) in [5, 5.41) is 1.14. The minimum absolute atomic E-state index is 0.137. The van der Waals surface area contributed by atoms with Gasteiger partial charge in [-0.25, -0.2) is 9.69 Å². The van der Waals surface area contributed by atoms with E-state index >= 15 is 0 Å². The molecule has 2 aliphatic rings. The summed E-state index contributed by atoms with van der Waals surface area (Å²) in [5.41, 5.74) is 3.88. The van der Waals surface area contributed by atoms with Crippen LogP contribution in [-0.4, -0.2) is 27.9 Å². The molecule has 0 radical (unpaired) electrons. The number of rotatable bonds is 1. The molecular formula is C19H15N3O2. The van der Waals surface area contributed by atoms with Crippen LogP contribution in [0.3, 0.4) is 0 Å². The number of carbonyl (C=O) groups excluding carboxylic acids is 2. The largest absolute Gasteiger partial charge is 0.357 e. The Morgan fingerprint density at radius 1 is 0.958 bits per heavy atom. The monoisotopic (exact) mass is 317 g/mol. The summed E-state index contributed by atoms with van der Waals surface area (Å²) >= 11 is 0. The number of carbonyl (C=O) groups is 2. The number of urea groups is 1. The Bertz CT molecular complexity index is 977. The molecule has 1 aromatic heterocycles. The molecule has 2 aromatic carbocycles. The van der Waals surface area contributed by atoms with Crippen molar-refractivity contribution in [1.29, 1.82) is 0 Å². The number of hydrogen-bond acceptors (Lipinski definition) is 2. The van der Waals surface area contributed by atoms with E-state index in [9.17, 15) is 9.59 Å². The van der Waals surface area contributed by atoms with E-state index in [1.165, 1.54) is 4.90 Å². The Labute approximate surface area is 138 Å². The number of nitrogens with zero attached hydrogens (tertiary/aromatic N) is 2. The van der Waals surface area contributed by atoms with E-state index in [0.29, 0.717) is 18.7 Å². The Kier molecular flexibility index (Phi) is 2.62. The molecule has 0 bridgehead atoms. The lowest BCUT2D eigenvalue weighted by molar-refractivity contribution is -0.119. The first-order valence-electron chi connectivity index (χ1n) is 8.02. The second kappa shape index (κ2) is 4.71. The SMILES string of the molecule is O=C1C2Cc3c([nH]c4ccccc34)CN2C(=O)N1c1ccccc1. The van der Waals surface area contributed by atoms with Gasteiger partial charge in [-0.15, -0.1) is 0 Å². The summed E-state index contributed by atoms with van der Waals surface area (Å²) in [7, 11) is 0. The van der Waals surface area contributed by atoms with Gasteiger partial charge in [-0.05, 0) is 23.8 Å². The molecule has 1 unspecified atom stereocenters. The lowest BCUT2D eigenvalue weighted by atomic mass is 9.97. The average Bonchev–Trinajstić information content (AvgIpc) is 3.10. The molecular weight excluding hydrogens is 302 g/mol. The number of aromatic nitrogens is 1. The van der Waals surface area contributed by atoms with E-state index in [-0.39, 0.29) is 11.9 Å². The van der Waals surface area contributed by atoms with E-state index in [0.717, 1.165) is 22.2 Å². The third-order valence-electron chi connectivity index (χ3n) is 4.96. The van der Waals surface area contributed by atoms with Crippen molar-refractivity contribution in [3.8, 4) is 0 Å². The number of fused-ring (bicyclic) bond motifs is 4. The van der Waals surface area contributed by atoms with Gasteiger partial charge in [0, 0.05) is 23.0 Å². The smallest absolute Gasteiger partial charge is 0.332 e. The fourth-order valence-corrected chi connectivity index (χ4v) is 3.82. The minimum atomic E-state index is -0.413. The Balaban J connectivity index is 1.58. The lowest BCUT2D eigenvalue weighted by Gasteiger charge is -2.26. The number of anilines is 1. The van der Waals surface area contributed by atoms with Gasteiger partial charge in [0.2, 0.25) is 0 Å². The molecule has 1 N–H and O–H groups in total. The predicted octanol–water partition coefficient (Wildman–Crippen LogP) is 3.06. The minimum Gasteiger partial charge on any atom is -0.357 e. The van der Waals surface area contributed by atoms with Crippen LogP contribution >= 0.6 is 0 Å². The van der Waals surface area contributed by atoms with Gasteiger partial charge in [0.25, 0.3) is 5.91 Å². The van der Waals surface area contributed by atoms with Crippen molar-refractivity contribution in [1.82, 2.24) is 9.88 Å². The molecule has 1 saturated heterocycles. The summed E-state index contributed by atoms with van der Waals surface area (Å²) in [6.45, 7) is 0.447. The first-order chi connectivity index (χ1) is 11.7. The molecule has 118 valence electrons. The van der Waals surface area contributed by atoms with Gasteiger partial charge in [-0.3, -0.25) is 4.79 Å². The number of amides is 3. The van der Waals surface area contributed by atoms with Crippen molar-refractivity contribution in [3.05, 3.63) is 65.9 Å². The number of para-hydroxylation sites is 2. The fraction of sp³-hybridized carbons (Fsp3) is 0.158. The number of imide groups is 1. The molecule has 3 amide bonds. The lowest BCUT2D eigenvalue weighted by Crippen LogP contribution is -2.39. The van der Waals surface area contributed by atoms with Crippen molar-refractivity contribution < 1.29 is 9.59 Å². The molecule has 0 saturated carbocycles. The van der Waals surface area contributed by atoms with Crippen LogP contribution in [0.2, 0.25) is 0 Å². The quantitative estimate of drug-likeness (QED) is 0.701. The van der Waals surface area contributed by atoms with Crippen LogP contribution in [0, 0.1) is 0 Å². The second-order valence-electron chi connectivity index (χ2n) is 6.27. The van der Waals surface area contributed by atoms with Gasteiger partial charge < -0.3 is 9.88 Å². The topological polar surface area (TPSA) is 56.4 Å². The molecule has 1 atom stereocenters. The third-order valence-corrected chi connectivity index (χ3v) is 4.96. The molecule has 0 aliphatic carbocycles. The highest BCUT2D eigenvalue weighted by molar-refractivity contribution is 6.21. The maximum absolute atomic E-state index is 12.9. The van der Waals surface area contributed by atoms with Gasteiger partial charge in [-0.2, -0.15) is 0 Å². The molecule has 3 heterocycles.